The Morgan fingerprint density at radius 3 is 2.85 bits per heavy atom. The molecule has 0 aromatic heterocycles. The van der Waals surface area contributed by atoms with Crippen molar-refractivity contribution in [2.24, 2.45) is 17.3 Å². The first-order valence-corrected chi connectivity index (χ1v) is 10.2. The van der Waals surface area contributed by atoms with E-state index in [1.165, 1.54) is 24.8 Å². The minimum atomic E-state index is -0.350. The Morgan fingerprint density at radius 1 is 1.38 bits per heavy atom. The number of allylic oxidation sites excluding steroid dienone is 4. The van der Waals surface area contributed by atoms with Crippen LogP contribution in [0.3, 0.4) is 0 Å². The topological polar surface area (TPSA) is 71.3 Å². The number of fused-ring (bicyclic) bond motifs is 3. The number of nitrogens with one attached hydrogen (secondary N) is 2. The van der Waals surface area contributed by atoms with E-state index >= 15 is 0 Å². The first kappa shape index (κ1) is 18.0. The van der Waals surface area contributed by atoms with Crippen molar-refractivity contribution in [2.45, 2.75) is 65.0 Å². The number of hydrogen-bond acceptors (Lipinski definition) is 3. The average Bonchev–Trinajstić information content (AvgIpc) is 3.39. The van der Waals surface area contributed by atoms with Crippen LogP contribution in [0.4, 0.5) is 0 Å². The molecule has 0 radical (unpaired) electrons. The number of carbonyl (C=O) groups excluding carboxylic acids is 1. The van der Waals surface area contributed by atoms with Gasteiger partial charge >= 0.3 is 0 Å². The Kier molecular flexibility index (Phi) is 4.60. The standard InChI is InChI=1S/C22H32N2O2/c1-13(2)15-6-8-22(3)9-7-16-17(20(15)22)5-4-14(10-19(16)25)11-24-21(26)18-12-23-18/h4-5,13,16,18-19,23,25H,6-12H2,1-3H3,(H,24,26). The largest absolute Gasteiger partial charge is 0.392 e. The van der Waals surface area contributed by atoms with Crippen molar-refractivity contribution >= 4 is 5.91 Å². The monoisotopic (exact) mass is 356 g/mol. The highest BCUT2D eigenvalue weighted by molar-refractivity contribution is 5.84. The van der Waals surface area contributed by atoms with E-state index < -0.39 is 0 Å². The molecule has 1 saturated heterocycles. The smallest absolute Gasteiger partial charge is 0.238 e. The predicted octanol–water partition coefficient (Wildman–Crippen LogP) is 2.85. The third kappa shape index (κ3) is 3.18. The Balaban J connectivity index is 1.61. The van der Waals surface area contributed by atoms with Crippen LogP contribution < -0.4 is 10.6 Å². The lowest BCUT2D eigenvalue weighted by Crippen LogP contribution is -2.34. The lowest BCUT2D eigenvalue weighted by Gasteiger charge is -2.41. The zero-order valence-corrected chi connectivity index (χ0v) is 16.3. The van der Waals surface area contributed by atoms with Crippen LogP contribution in [0, 0.1) is 17.3 Å². The fourth-order valence-electron chi connectivity index (χ4n) is 5.22. The number of aliphatic hydroxyl groups is 1. The molecule has 1 heterocycles. The van der Waals surface area contributed by atoms with Gasteiger partial charge in [0.1, 0.15) is 0 Å². The summed E-state index contributed by atoms with van der Waals surface area (Å²) in [6.07, 6.45) is 9.42. The summed E-state index contributed by atoms with van der Waals surface area (Å²) in [5, 5.41) is 17.0. The van der Waals surface area contributed by atoms with Crippen molar-refractivity contribution in [3.63, 3.8) is 0 Å². The van der Waals surface area contributed by atoms with Gasteiger partial charge in [0.05, 0.1) is 12.1 Å². The Labute approximate surface area is 156 Å². The van der Waals surface area contributed by atoms with Crippen molar-refractivity contribution in [1.82, 2.24) is 10.6 Å². The zero-order valence-electron chi connectivity index (χ0n) is 16.3. The number of aliphatic hydroxyl groups excluding tert-OH is 1. The molecule has 3 N–H and O–H groups in total. The lowest BCUT2D eigenvalue weighted by atomic mass is 9.64. The van der Waals surface area contributed by atoms with E-state index in [1.807, 2.05) is 0 Å². The van der Waals surface area contributed by atoms with Crippen LogP contribution in [0.5, 0.6) is 0 Å². The first-order chi connectivity index (χ1) is 12.4. The molecule has 4 nitrogen and oxygen atoms in total. The molecule has 0 bridgehead atoms. The van der Waals surface area contributed by atoms with E-state index in [2.05, 4.69) is 43.6 Å². The molecular formula is C22H32N2O2. The maximum absolute atomic E-state index is 11.9. The molecule has 4 heteroatoms. The van der Waals surface area contributed by atoms with Crippen LogP contribution in [0.2, 0.25) is 0 Å². The molecule has 142 valence electrons. The van der Waals surface area contributed by atoms with Crippen molar-refractivity contribution < 1.29 is 9.90 Å². The zero-order chi connectivity index (χ0) is 18.5. The van der Waals surface area contributed by atoms with Gasteiger partial charge in [-0.1, -0.05) is 38.5 Å². The van der Waals surface area contributed by atoms with Gasteiger partial charge in [0.25, 0.3) is 0 Å². The van der Waals surface area contributed by atoms with Gasteiger partial charge in [-0.2, -0.15) is 0 Å². The maximum atomic E-state index is 11.9. The third-order valence-electron chi connectivity index (χ3n) is 6.91. The molecule has 4 unspecified atom stereocenters. The molecule has 2 fully saturated rings. The number of carbonyl (C=O) groups is 1. The van der Waals surface area contributed by atoms with E-state index in [-0.39, 0.29) is 29.4 Å². The molecule has 0 aromatic carbocycles. The molecule has 1 saturated carbocycles. The number of amides is 1. The van der Waals surface area contributed by atoms with Crippen molar-refractivity contribution in [3.05, 3.63) is 34.4 Å². The summed E-state index contributed by atoms with van der Waals surface area (Å²) in [5.74, 6) is 0.878. The van der Waals surface area contributed by atoms with Crippen LogP contribution in [-0.4, -0.2) is 36.2 Å². The Morgan fingerprint density at radius 2 is 2.15 bits per heavy atom. The van der Waals surface area contributed by atoms with Crippen molar-refractivity contribution in [3.8, 4) is 0 Å². The van der Waals surface area contributed by atoms with Crippen LogP contribution in [0.1, 0.15) is 52.9 Å². The van der Waals surface area contributed by atoms with Crippen molar-refractivity contribution in [2.75, 3.05) is 13.1 Å². The fraction of sp³-hybridized carbons (Fsp3) is 0.682. The molecule has 0 aromatic rings. The van der Waals surface area contributed by atoms with Crippen LogP contribution in [0.15, 0.2) is 34.4 Å². The van der Waals surface area contributed by atoms with Crippen LogP contribution in [-0.2, 0) is 4.79 Å². The van der Waals surface area contributed by atoms with Gasteiger partial charge < -0.3 is 15.7 Å². The highest BCUT2D eigenvalue weighted by Crippen LogP contribution is 2.57. The van der Waals surface area contributed by atoms with Crippen molar-refractivity contribution in [1.29, 1.82) is 0 Å². The van der Waals surface area contributed by atoms with Gasteiger partial charge in [-0.15, -0.1) is 0 Å². The maximum Gasteiger partial charge on any atom is 0.238 e. The van der Waals surface area contributed by atoms with Crippen LogP contribution in [0.25, 0.3) is 0 Å². The predicted molar refractivity (Wildman–Crippen MR) is 104 cm³/mol. The fourth-order valence-corrected chi connectivity index (χ4v) is 5.22. The molecular weight excluding hydrogens is 324 g/mol. The molecule has 4 atom stereocenters. The molecule has 26 heavy (non-hydrogen) atoms. The van der Waals surface area contributed by atoms with E-state index in [0.29, 0.717) is 18.9 Å². The van der Waals surface area contributed by atoms with E-state index in [1.54, 1.807) is 11.1 Å². The number of rotatable bonds is 4. The van der Waals surface area contributed by atoms with E-state index in [9.17, 15) is 9.90 Å². The second kappa shape index (κ2) is 6.65. The minimum absolute atomic E-state index is 0.00908. The lowest BCUT2D eigenvalue weighted by molar-refractivity contribution is -0.120. The molecule has 4 rings (SSSR count). The van der Waals surface area contributed by atoms with Gasteiger partial charge in [0.15, 0.2) is 0 Å². The second-order valence-electron chi connectivity index (χ2n) is 9.16. The van der Waals surface area contributed by atoms with Gasteiger partial charge in [-0.25, -0.2) is 0 Å². The number of hydrogen-bond donors (Lipinski definition) is 3. The van der Waals surface area contributed by atoms with E-state index in [4.69, 9.17) is 0 Å². The average molecular weight is 357 g/mol. The first-order valence-electron chi connectivity index (χ1n) is 10.2. The van der Waals surface area contributed by atoms with E-state index in [0.717, 1.165) is 18.5 Å². The second-order valence-corrected chi connectivity index (χ2v) is 9.16. The summed E-state index contributed by atoms with van der Waals surface area (Å²) < 4.78 is 0. The Hall–Kier alpha value is -1.39. The third-order valence-corrected chi connectivity index (χ3v) is 6.91. The van der Waals surface area contributed by atoms with Gasteiger partial charge in [0.2, 0.25) is 5.91 Å². The molecule has 1 amide bonds. The molecule has 4 aliphatic rings. The summed E-state index contributed by atoms with van der Waals surface area (Å²) >= 11 is 0. The summed E-state index contributed by atoms with van der Waals surface area (Å²) in [7, 11) is 0. The van der Waals surface area contributed by atoms with Gasteiger partial charge in [-0.05, 0) is 60.2 Å². The van der Waals surface area contributed by atoms with Gasteiger partial charge in [-0.3, -0.25) is 4.79 Å². The molecule has 1 aliphatic heterocycles. The van der Waals surface area contributed by atoms with Gasteiger partial charge in [0, 0.05) is 19.0 Å². The minimum Gasteiger partial charge on any atom is -0.392 e. The SMILES string of the molecule is CC(C)C1=C2C3=CC=C(CNC(=O)C4CN4)CC(O)C3CCC2(C)CC1. The van der Waals surface area contributed by atoms with Crippen LogP contribution >= 0.6 is 0 Å². The summed E-state index contributed by atoms with van der Waals surface area (Å²) in [6.45, 7) is 8.34. The summed E-state index contributed by atoms with van der Waals surface area (Å²) in [6, 6.07) is -0.00908. The Bertz CT molecular complexity index is 699. The molecule has 0 spiro atoms. The highest BCUT2D eigenvalue weighted by Gasteiger charge is 2.46. The summed E-state index contributed by atoms with van der Waals surface area (Å²) in [5.41, 5.74) is 5.93. The quantitative estimate of drug-likeness (QED) is 0.678. The highest BCUT2D eigenvalue weighted by atomic mass is 16.3. The molecule has 3 aliphatic carbocycles. The normalized spacial score (nSPS) is 36.1. The summed E-state index contributed by atoms with van der Waals surface area (Å²) in [4.78, 5) is 11.9.